The summed E-state index contributed by atoms with van der Waals surface area (Å²) in [5, 5.41) is 3.94. The molecule has 2 unspecified atom stereocenters. The number of rotatable bonds is 4. The minimum Gasteiger partial charge on any atom is -0.311 e. The minimum absolute atomic E-state index is 0.681. The van der Waals surface area contributed by atoms with Gasteiger partial charge in [0, 0.05) is 18.6 Å². The Morgan fingerprint density at radius 1 is 0.842 bits per heavy atom. The summed E-state index contributed by atoms with van der Waals surface area (Å²) in [5.41, 5.74) is 0. The molecule has 0 aromatic carbocycles. The van der Waals surface area contributed by atoms with Gasteiger partial charge < -0.3 is 10.2 Å². The summed E-state index contributed by atoms with van der Waals surface area (Å²) in [7, 11) is 2.27. The first kappa shape index (κ1) is 15.3. The van der Waals surface area contributed by atoms with Crippen LogP contribution in [0, 0.1) is 11.8 Å². The molecule has 0 bridgehead atoms. The van der Waals surface area contributed by atoms with Gasteiger partial charge in [-0.3, -0.25) is 0 Å². The summed E-state index contributed by atoms with van der Waals surface area (Å²) in [6.07, 6.45) is 11.5. The van der Waals surface area contributed by atoms with E-state index in [9.17, 15) is 0 Å². The summed E-state index contributed by atoms with van der Waals surface area (Å²) in [4.78, 5) is 2.50. The van der Waals surface area contributed by atoms with Gasteiger partial charge in [0.15, 0.2) is 0 Å². The molecule has 0 radical (unpaired) electrons. The van der Waals surface area contributed by atoms with Crippen LogP contribution in [0.2, 0.25) is 0 Å². The van der Waals surface area contributed by atoms with Crippen LogP contribution >= 0.6 is 0 Å². The smallest absolute Gasteiger partial charge is 0.00818 e. The molecule has 112 valence electrons. The molecular weight excluding hydrogens is 232 g/mol. The molecule has 1 aliphatic carbocycles. The first-order valence-corrected chi connectivity index (χ1v) is 8.61. The van der Waals surface area contributed by atoms with E-state index in [-0.39, 0.29) is 0 Å². The van der Waals surface area contributed by atoms with Crippen molar-refractivity contribution in [2.75, 3.05) is 20.1 Å². The summed E-state index contributed by atoms with van der Waals surface area (Å²) >= 11 is 0. The lowest BCUT2D eigenvalue weighted by Crippen LogP contribution is -2.47. The Labute approximate surface area is 120 Å². The second-order valence-electron chi connectivity index (χ2n) is 7.16. The van der Waals surface area contributed by atoms with Crippen molar-refractivity contribution in [3.8, 4) is 0 Å². The van der Waals surface area contributed by atoms with Crippen molar-refractivity contribution in [1.82, 2.24) is 10.2 Å². The first-order chi connectivity index (χ1) is 9.16. The van der Waals surface area contributed by atoms with E-state index >= 15 is 0 Å². The van der Waals surface area contributed by atoms with E-state index in [0.717, 1.165) is 11.8 Å². The summed E-state index contributed by atoms with van der Waals surface area (Å²) in [5.74, 6) is 1.78. The molecular formula is C17H34N2. The average Bonchev–Trinajstić information content (AvgIpc) is 2.67. The van der Waals surface area contributed by atoms with Crippen LogP contribution in [-0.2, 0) is 0 Å². The second-order valence-corrected chi connectivity index (χ2v) is 7.16. The highest BCUT2D eigenvalue weighted by Crippen LogP contribution is 2.27. The predicted molar refractivity (Wildman–Crippen MR) is 83.5 cm³/mol. The standard InChI is InChI=1S/C17H34N2/c1-14(16-9-6-4-5-7-10-16)18-15(2)17-11-8-12-19(3)13-17/h14-18H,4-13H2,1-3H3/t14-,15?,17?/m1/s1. The topological polar surface area (TPSA) is 15.3 Å². The maximum absolute atomic E-state index is 3.94. The third-order valence-corrected chi connectivity index (χ3v) is 5.50. The van der Waals surface area contributed by atoms with Crippen LogP contribution in [0.5, 0.6) is 0 Å². The zero-order valence-electron chi connectivity index (χ0n) is 13.3. The van der Waals surface area contributed by atoms with Crippen LogP contribution in [0.1, 0.15) is 65.2 Å². The molecule has 3 atom stereocenters. The maximum atomic E-state index is 3.94. The van der Waals surface area contributed by atoms with Gasteiger partial charge in [0.1, 0.15) is 0 Å². The first-order valence-electron chi connectivity index (χ1n) is 8.61. The van der Waals surface area contributed by atoms with E-state index in [1.165, 1.54) is 64.5 Å². The molecule has 2 aliphatic rings. The van der Waals surface area contributed by atoms with Gasteiger partial charge in [-0.1, -0.05) is 25.7 Å². The molecule has 1 saturated carbocycles. The SMILES string of the molecule is CC(N[C@H](C)C1CCCCCC1)C1CCCN(C)C1. The predicted octanol–water partition coefficient (Wildman–Crippen LogP) is 3.67. The minimum atomic E-state index is 0.681. The highest BCUT2D eigenvalue weighted by Gasteiger charge is 2.26. The molecule has 1 heterocycles. The zero-order valence-corrected chi connectivity index (χ0v) is 13.3. The lowest BCUT2D eigenvalue weighted by Gasteiger charge is -2.36. The summed E-state index contributed by atoms with van der Waals surface area (Å²) in [6.45, 7) is 7.42. The molecule has 2 rings (SSSR count). The Morgan fingerprint density at radius 3 is 2.05 bits per heavy atom. The average molecular weight is 266 g/mol. The third kappa shape index (κ3) is 4.75. The van der Waals surface area contributed by atoms with Gasteiger partial charge in [-0.2, -0.15) is 0 Å². The van der Waals surface area contributed by atoms with E-state index in [1.807, 2.05) is 0 Å². The van der Waals surface area contributed by atoms with Crippen LogP contribution < -0.4 is 5.32 Å². The lowest BCUT2D eigenvalue weighted by atomic mass is 9.88. The van der Waals surface area contributed by atoms with Gasteiger partial charge in [0.05, 0.1) is 0 Å². The second kappa shape index (κ2) is 7.64. The number of nitrogens with one attached hydrogen (secondary N) is 1. The van der Waals surface area contributed by atoms with Crippen molar-refractivity contribution in [3.05, 3.63) is 0 Å². The van der Waals surface area contributed by atoms with E-state index in [4.69, 9.17) is 0 Å². The molecule has 0 spiro atoms. The summed E-state index contributed by atoms with van der Waals surface area (Å²) < 4.78 is 0. The third-order valence-electron chi connectivity index (χ3n) is 5.50. The van der Waals surface area contributed by atoms with Crippen LogP contribution in [-0.4, -0.2) is 37.1 Å². The van der Waals surface area contributed by atoms with E-state index < -0.39 is 0 Å². The molecule has 2 fully saturated rings. The number of hydrogen-bond donors (Lipinski definition) is 1. The molecule has 0 aromatic heterocycles. The molecule has 0 aromatic rings. The zero-order chi connectivity index (χ0) is 13.7. The maximum Gasteiger partial charge on any atom is 0.00818 e. The Kier molecular flexibility index (Phi) is 6.15. The molecule has 1 saturated heterocycles. The Morgan fingerprint density at radius 2 is 1.42 bits per heavy atom. The molecule has 1 N–H and O–H groups in total. The number of likely N-dealkylation sites (tertiary alicyclic amines) is 1. The van der Waals surface area contributed by atoms with Gasteiger partial charge in [-0.05, 0) is 65.0 Å². The Bertz CT molecular complexity index is 240. The number of nitrogens with zero attached hydrogens (tertiary/aromatic N) is 1. The lowest BCUT2D eigenvalue weighted by molar-refractivity contribution is 0.165. The normalized spacial score (nSPS) is 30.8. The molecule has 2 heteroatoms. The van der Waals surface area contributed by atoms with E-state index in [2.05, 4.69) is 31.1 Å². The highest BCUT2D eigenvalue weighted by atomic mass is 15.1. The van der Waals surface area contributed by atoms with Crippen LogP contribution in [0.25, 0.3) is 0 Å². The molecule has 2 nitrogen and oxygen atoms in total. The van der Waals surface area contributed by atoms with Gasteiger partial charge in [-0.15, -0.1) is 0 Å². The number of hydrogen-bond acceptors (Lipinski definition) is 2. The fourth-order valence-corrected chi connectivity index (χ4v) is 4.11. The highest BCUT2D eigenvalue weighted by molar-refractivity contribution is 4.83. The van der Waals surface area contributed by atoms with Crippen molar-refractivity contribution in [1.29, 1.82) is 0 Å². The Balaban J connectivity index is 1.78. The monoisotopic (exact) mass is 266 g/mol. The van der Waals surface area contributed by atoms with Gasteiger partial charge in [-0.25, -0.2) is 0 Å². The fraction of sp³-hybridized carbons (Fsp3) is 1.00. The molecule has 1 aliphatic heterocycles. The van der Waals surface area contributed by atoms with Crippen LogP contribution in [0.3, 0.4) is 0 Å². The largest absolute Gasteiger partial charge is 0.311 e. The van der Waals surface area contributed by atoms with Crippen LogP contribution in [0.15, 0.2) is 0 Å². The van der Waals surface area contributed by atoms with E-state index in [0.29, 0.717) is 12.1 Å². The van der Waals surface area contributed by atoms with Crippen molar-refractivity contribution in [2.45, 2.75) is 77.3 Å². The Hall–Kier alpha value is -0.0800. The fourth-order valence-electron chi connectivity index (χ4n) is 4.11. The van der Waals surface area contributed by atoms with Crippen LogP contribution in [0.4, 0.5) is 0 Å². The van der Waals surface area contributed by atoms with Gasteiger partial charge in [0.25, 0.3) is 0 Å². The van der Waals surface area contributed by atoms with Gasteiger partial charge in [0.2, 0.25) is 0 Å². The summed E-state index contributed by atoms with van der Waals surface area (Å²) in [6, 6.07) is 1.39. The van der Waals surface area contributed by atoms with Crippen molar-refractivity contribution < 1.29 is 0 Å². The van der Waals surface area contributed by atoms with Crippen molar-refractivity contribution in [2.24, 2.45) is 11.8 Å². The van der Waals surface area contributed by atoms with Crippen molar-refractivity contribution >= 4 is 0 Å². The molecule has 19 heavy (non-hydrogen) atoms. The molecule has 0 amide bonds. The van der Waals surface area contributed by atoms with E-state index in [1.54, 1.807) is 0 Å². The quantitative estimate of drug-likeness (QED) is 0.781. The number of piperidine rings is 1. The van der Waals surface area contributed by atoms with Crippen molar-refractivity contribution in [3.63, 3.8) is 0 Å². The van der Waals surface area contributed by atoms with Gasteiger partial charge >= 0.3 is 0 Å².